The normalized spacial score (nSPS) is 15.4. The van der Waals surface area contributed by atoms with Crippen molar-refractivity contribution in [3.63, 3.8) is 0 Å². The van der Waals surface area contributed by atoms with Crippen molar-refractivity contribution in [2.24, 2.45) is 0 Å². The number of hydrogen-bond acceptors (Lipinski definition) is 2. The van der Waals surface area contributed by atoms with Gasteiger partial charge in [-0.2, -0.15) is 0 Å². The number of benzene rings is 1. The standard InChI is InChI=1S/C16H20O2/c1-16(2,3)18-15(17)14-10-8-13(9-11-14)12-6-4-5-7-12/h6,8-11H,4-5,7H2,1-3H3. The van der Waals surface area contributed by atoms with Gasteiger partial charge in [0.25, 0.3) is 0 Å². The molecule has 2 nitrogen and oxygen atoms in total. The molecule has 0 spiro atoms. The van der Waals surface area contributed by atoms with Gasteiger partial charge in [-0.15, -0.1) is 0 Å². The van der Waals surface area contributed by atoms with E-state index in [0.29, 0.717) is 5.56 Å². The lowest BCUT2D eigenvalue weighted by atomic mass is 10.0. The molecule has 0 bridgehead atoms. The van der Waals surface area contributed by atoms with Crippen molar-refractivity contribution in [1.82, 2.24) is 0 Å². The highest BCUT2D eigenvalue weighted by Gasteiger charge is 2.17. The molecule has 0 heterocycles. The van der Waals surface area contributed by atoms with Crippen LogP contribution in [0.4, 0.5) is 0 Å². The molecule has 0 saturated heterocycles. The van der Waals surface area contributed by atoms with E-state index in [1.54, 1.807) is 0 Å². The van der Waals surface area contributed by atoms with Gasteiger partial charge in [-0.25, -0.2) is 4.79 Å². The average molecular weight is 244 g/mol. The fourth-order valence-corrected chi connectivity index (χ4v) is 2.09. The van der Waals surface area contributed by atoms with Crippen LogP contribution in [0.15, 0.2) is 30.3 Å². The Morgan fingerprint density at radius 2 is 1.83 bits per heavy atom. The third-order valence-electron chi connectivity index (χ3n) is 2.93. The van der Waals surface area contributed by atoms with E-state index in [4.69, 9.17) is 4.74 Å². The predicted octanol–water partition coefficient (Wildman–Crippen LogP) is 4.21. The van der Waals surface area contributed by atoms with Crippen LogP contribution >= 0.6 is 0 Å². The van der Waals surface area contributed by atoms with Gasteiger partial charge in [0, 0.05) is 0 Å². The van der Waals surface area contributed by atoms with Gasteiger partial charge in [-0.1, -0.05) is 18.2 Å². The summed E-state index contributed by atoms with van der Waals surface area (Å²) in [6.07, 6.45) is 5.83. The van der Waals surface area contributed by atoms with E-state index in [0.717, 1.165) is 6.42 Å². The third kappa shape index (κ3) is 3.22. The smallest absolute Gasteiger partial charge is 0.338 e. The SMILES string of the molecule is CC(C)(C)OC(=O)c1ccc(C2=CCCC2)cc1. The Morgan fingerprint density at radius 3 is 2.33 bits per heavy atom. The van der Waals surface area contributed by atoms with E-state index in [1.807, 2.05) is 45.0 Å². The van der Waals surface area contributed by atoms with Gasteiger partial charge >= 0.3 is 5.97 Å². The maximum Gasteiger partial charge on any atom is 0.338 e. The van der Waals surface area contributed by atoms with E-state index in [-0.39, 0.29) is 5.97 Å². The molecule has 1 aliphatic rings. The van der Waals surface area contributed by atoms with Crippen LogP contribution in [0.5, 0.6) is 0 Å². The fraction of sp³-hybridized carbons (Fsp3) is 0.438. The molecule has 1 aliphatic carbocycles. The van der Waals surface area contributed by atoms with Crippen LogP contribution in [0.1, 0.15) is 56.0 Å². The summed E-state index contributed by atoms with van der Waals surface area (Å²) in [6.45, 7) is 5.63. The zero-order valence-corrected chi connectivity index (χ0v) is 11.3. The van der Waals surface area contributed by atoms with Crippen molar-refractivity contribution in [3.05, 3.63) is 41.5 Å². The van der Waals surface area contributed by atoms with Crippen LogP contribution in [0.2, 0.25) is 0 Å². The van der Waals surface area contributed by atoms with E-state index < -0.39 is 5.60 Å². The second-order valence-electron chi connectivity index (χ2n) is 5.70. The van der Waals surface area contributed by atoms with Crippen LogP contribution in [0, 0.1) is 0 Å². The minimum Gasteiger partial charge on any atom is -0.456 e. The highest BCUT2D eigenvalue weighted by atomic mass is 16.6. The Kier molecular flexibility index (Phi) is 3.55. The minimum atomic E-state index is -0.441. The van der Waals surface area contributed by atoms with E-state index in [1.165, 1.54) is 24.0 Å². The van der Waals surface area contributed by atoms with Gasteiger partial charge in [-0.3, -0.25) is 0 Å². The molecule has 0 unspecified atom stereocenters. The van der Waals surface area contributed by atoms with Gasteiger partial charge in [0.05, 0.1) is 5.56 Å². The van der Waals surface area contributed by atoms with E-state index in [2.05, 4.69) is 6.08 Å². The summed E-state index contributed by atoms with van der Waals surface area (Å²) in [4.78, 5) is 11.9. The van der Waals surface area contributed by atoms with Crippen molar-refractivity contribution in [1.29, 1.82) is 0 Å². The topological polar surface area (TPSA) is 26.3 Å². The first-order valence-corrected chi connectivity index (χ1v) is 6.48. The quantitative estimate of drug-likeness (QED) is 0.728. The van der Waals surface area contributed by atoms with Crippen molar-refractivity contribution in [2.45, 2.75) is 45.6 Å². The first-order valence-electron chi connectivity index (χ1n) is 6.48. The molecular weight excluding hydrogens is 224 g/mol. The lowest BCUT2D eigenvalue weighted by Crippen LogP contribution is -2.23. The number of carbonyl (C=O) groups is 1. The van der Waals surface area contributed by atoms with Crippen molar-refractivity contribution in [2.75, 3.05) is 0 Å². The summed E-state index contributed by atoms with van der Waals surface area (Å²) in [5.74, 6) is -0.255. The van der Waals surface area contributed by atoms with Crippen LogP contribution in [-0.4, -0.2) is 11.6 Å². The van der Waals surface area contributed by atoms with Crippen LogP contribution in [0.3, 0.4) is 0 Å². The molecule has 0 N–H and O–H groups in total. The molecule has 1 aromatic carbocycles. The monoisotopic (exact) mass is 244 g/mol. The average Bonchev–Trinajstić information content (AvgIpc) is 2.80. The molecule has 0 atom stereocenters. The van der Waals surface area contributed by atoms with Crippen LogP contribution in [0.25, 0.3) is 5.57 Å². The Morgan fingerprint density at radius 1 is 1.17 bits per heavy atom. The summed E-state index contributed by atoms with van der Waals surface area (Å²) in [6, 6.07) is 7.72. The number of ether oxygens (including phenoxy) is 1. The van der Waals surface area contributed by atoms with E-state index >= 15 is 0 Å². The highest BCUT2D eigenvalue weighted by molar-refractivity contribution is 5.90. The number of esters is 1. The van der Waals surface area contributed by atoms with Gasteiger partial charge in [0.1, 0.15) is 5.60 Å². The van der Waals surface area contributed by atoms with Crippen molar-refractivity contribution in [3.8, 4) is 0 Å². The summed E-state index contributed by atoms with van der Waals surface area (Å²) in [7, 11) is 0. The highest BCUT2D eigenvalue weighted by Crippen LogP contribution is 2.27. The molecule has 2 heteroatoms. The Hall–Kier alpha value is -1.57. The van der Waals surface area contributed by atoms with Gasteiger partial charge < -0.3 is 4.74 Å². The second-order valence-corrected chi connectivity index (χ2v) is 5.70. The third-order valence-corrected chi connectivity index (χ3v) is 2.93. The molecule has 0 amide bonds. The molecule has 96 valence electrons. The van der Waals surface area contributed by atoms with Gasteiger partial charge in [-0.05, 0) is 63.3 Å². The molecule has 1 aromatic rings. The fourth-order valence-electron chi connectivity index (χ4n) is 2.09. The van der Waals surface area contributed by atoms with Crippen molar-refractivity contribution < 1.29 is 9.53 Å². The summed E-state index contributed by atoms with van der Waals surface area (Å²) < 4.78 is 5.34. The Balaban J connectivity index is 2.10. The summed E-state index contributed by atoms with van der Waals surface area (Å²) in [5.41, 5.74) is 2.79. The number of carbonyl (C=O) groups excluding carboxylic acids is 1. The summed E-state index contributed by atoms with van der Waals surface area (Å²) in [5, 5.41) is 0. The van der Waals surface area contributed by atoms with Crippen molar-refractivity contribution >= 4 is 11.5 Å². The van der Waals surface area contributed by atoms with Gasteiger partial charge in [0.15, 0.2) is 0 Å². The largest absolute Gasteiger partial charge is 0.456 e. The lowest BCUT2D eigenvalue weighted by Gasteiger charge is -2.19. The van der Waals surface area contributed by atoms with Gasteiger partial charge in [0.2, 0.25) is 0 Å². The first-order chi connectivity index (χ1) is 8.46. The number of rotatable bonds is 2. The molecule has 18 heavy (non-hydrogen) atoms. The lowest BCUT2D eigenvalue weighted by molar-refractivity contribution is 0.00695. The van der Waals surface area contributed by atoms with E-state index in [9.17, 15) is 4.79 Å². The van der Waals surface area contributed by atoms with Crippen LogP contribution < -0.4 is 0 Å². The maximum atomic E-state index is 11.9. The maximum absolute atomic E-state index is 11.9. The predicted molar refractivity (Wildman–Crippen MR) is 73.4 cm³/mol. The molecule has 0 aromatic heterocycles. The first kappa shape index (κ1) is 12.9. The number of allylic oxidation sites excluding steroid dienone is 2. The molecule has 0 aliphatic heterocycles. The zero-order valence-electron chi connectivity index (χ0n) is 11.3. The summed E-state index contributed by atoms with van der Waals surface area (Å²) >= 11 is 0. The number of hydrogen-bond donors (Lipinski definition) is 0. The minimum absolute atomic E-state index is 0.255. The second kappa shape index (κ2) is 4.97. The Bertz CT molecular complexity index is 461. The molecule has 0 fully saturated rings. The Labute approximate surface area is 109 Å². The molecule has 2 rings (SSSR count). The molecule has 0 radical (unpaired) electrons. The zero-order chi connectivity index (χ0) is 13.2. The molecule has 0 saturated carbocycles. The molecular formula is C16H20O2. The van der Waals surface area contributed by atoms with Crippen LogP contribution in [-0.2, 0) is 4.74 Å².